The lowest BCUT2D eigenvalue weighted by Gasteiger charge is -2.06. The zero-order valence-corrected chi connectivity index (χ0v) is 14.1. The minimum absolute atomic E-state index is 0.172. The molecule has 4 nitrogen and oxygen atoms in total. The lowest BCUT2D eigenvalue weighted by Crippen LogP contribution is -2.14. The molecule has 0 saturated heterocycles. The summed E-state index contributed by atoms with van der Waals surface area (Å²) >= 11 is 10.2. The highest BCUT2D eigenvalue weighted by Gasteiger charge is 2.10. The molecule has 1 N–H and O–H groups in total. The molecule has 1 amide bonds. The van der Waals surface area contributed by atoms with E-state index in [4.69, 9.17) is 11.6 Å². The fourth-order valence-electron chi connectivity index (χ4n) is 1.34. The topological polar surface area (TPSA) is 54.9 Å². The van der Waals surface area contributed by atoms with E-state index in [1.165, 1.54) is 35.2 Å². The Bertz CT molecular complexity index is 638. The molecule has 2 rings (SSSR count). The Morgan fingerprint density at radius 3 is 2.76 bits per heavy atom. The Hall–Kier alpha value is -0.830. The number of rotatable bonds is 6. The van der Waals surface area contributed by atoms with Crippen LogP contribution in [0.25, 0.3) is 0 Å². The largest absolute Gasteiger partial charge is 0.324 e. The van der Waals surface area contributed by atoms with Gasteiger partial charge in [-0.25, -0.2) is 4.39 Å². The molecule has 0 bridgehead atoms. The fraction of sp³-hybridized carbons (Fsp3) is 0.250. The van der Waals surface area contributed by atoms with Crippen LogP contribution in [-0.4, -0.2) is 27.6 Å². The Labute approximate surface area is 138 Å². The number of hydrogen-bond donors (Lipinski definition) is 1. The van der Waals surface area contributed by atoms with Gasteiger partial charge < -0.3 is 5.32 Å². The number of hydrogen-bond acceptors (Lipinski definition) is 6. The van der Waals surface area contributed by atoms with Crippen molar-refractivity contribution in [3.63, 3.8) is 0 Å². The standard InChI is InChI=1S/C12H11ClFN3OS3/c1-2-19-11-16-17-12(21-11)20-6-10(18)15-9-4-3-7(14)5-8(9)13/h3-5H,2,6H2,1H3,(H,15,18). The van der Waals surface area contributed by atoms with Crippen molar-refractivity contribution in [2.24, 2.45) is 0 Å². The molecule has 0 spiro atoms. The molecule has 9 heteroatoms. The predicted molar refractivity (Wildman–Crippen MR) is 87.1 cm³/mol. The van der Waals surface area contributed by atoms with Gasteiger partial charge in [-0.3, -0.25) is 4.79 Å². The number of anilines is 1. The van der Waals surface area contributed by atoms with E-state index < -0.39 is 5.82 Å². The Balaban J connectivity index is 1.86. The number of thioether (sulfide) groups is 2. The van der Waals surface area contributed by atoms with Gasteiger partial charge in [0.25, 0.3) is 0 Å². The number of nitrogens with one attached hydrogen (secondary N) is 1. The Kier molecular flexibility index (Phi) is 6.28. The first-order valence-corrected chi connectivity index (χ1v) is 9.09. The second kappa shape index (κ2) is 7.98. The first-order valence-electron chi connectivity index (χ1n) is 5.92. The van der Waals surface area contributed by atoms with Crippen molar-refractivity contribution < 1.29 is 9.18 Å². The highest BCUT2D eigenvalue weighted by atomic mass is 35.5. The number of benzene rings is 1. The zero-order valence-electron chi connectivity index (χ0n) is 10.9. The molecular weight excluding hydrogens is 353 g/mol. The van der Waals surface area contributed by atoms with Crippen molar-refractivity contribution in [1.82, 2.24) is 10.2 Å². The van der Waals surface area contributed by atoms with Gasteiger partial charge in [-0.1, -0.05) is 53.4 Å². The molecule has 1 aromatic heterocycles. The van der Waals surface area contributed by atoms with Crippen molar-refractivity contribution in [2.45, 2.75) is 15.6 Å². The van der Waals surface area contributed by atoms with E-state index in [2.05, 4.69) is 15.5 Å². The van der Waals surface area contributed by atoms with Gasteiger partial charge in [-0.05, 0) is 24.0 Å². The Morgan fingerprint density at radius 2 is 2.10 bits per heavy atom. The summed E-state index contributed by atoms with van der Waals surface area (Å²) in [5.41, 5.74) is 0.392. The van der Waals surface area contributed by atoms with Crippen LogP contribution in [0.1, 0.15) is 6.92 Å². The van der Waals surface area contributed by atoms with Gasteiger partial charge in [0.2, 0.25) is 5.91 Å². The van der Waals surface area contributed by atoms with E-state index in [0.29, 0.717) is 5.69 Å². The minimum Gasteiger partial charge on any atom is -0.324 e. The first kappa shape index (κ1) is 16.5. The number of carbonyl (C=O) groups is 1. The maximum atomic E-state index is 12.9. The number of halogens is 2. The van der Waals surface area contributed by atoms with Gasteiger partial charge in [0.15, 0.2) is 8.68 Å². The quantitative estimate of drug-likeness (QED) is 0.780. The molecule has 0 aliphatic heterocycles. The summed E-state index contributed by atoms with van der Waals surface area (Å²) in [7, 11) is 0. The smallest absolute Gasteiger partial charge is 0.234 e. The highest BCUT2D eigenvalue weighted by molar-refractivity contribution is 8.03. The summed E-state index contributed by atoms with van der Waals surface area (Å²) < 4.78 is 14.5. The number of amides is 1. The summed E-state index contributed by atoms with van der Waals surface area (Å²) in [6, 6.07) is 3.83. The van der Waals surface area contributed by atoms with Crippen LogP contribution in [0.15, 0.2) is 26.9 Å². The van der Waals surface area contributed by atoms with E-state index in [1.807, 2.05) is 6.92 Å². The molecule has 0 radical (unpaired) electrons. The number of nitrogens with zero attached hydrogens (tertiary/aromatic N) is 2. The third-order valence-corrected chi connectivity index (χ3v) is 5.57. The molecule has 1 aromatic carbocycles. The molecule has 0 saturated carbocycles. The second-order valence-electron chi connectivity index (χ2n) is 3.73. The highest BCUT2D eigenvalue weighted by Crippen LogP contribution is 2.29. The van der Waals surface area contributed by atoms with Gasteiger partial charge in [-0.2, -0.15) is 0 Å². The molecule has 0 aliphatic rings. The van der Waals surface area contributed by atoms with Gasteiger partial charge in [-0.15, -0.1) is 10.2 Å². The summed E-state index contributed by atoms with van der Waals surface area (Å²) in [6.45, 7) is 2.04. The van der Waals surface area contributed by atoms with Crippen molar-refractivity contribution in [2.75, 3.05) is 16.8 Å². The fourth-order valence-corrected chi connectivity index (χ4v) is 4.27. The second-order valence-corrected chi connectivity index (χ2v) is 7.85. The van der Waals surface area contributed by atoms with Crippen molar-refractivity contribution >= 4 is 58.1 Å². The van der Waals surface area contributed by atoms with Crippen LogP contribution in [0.3, 0.4) is 0 Å². The third kappa shape index (κ3) is 5.14. The molecule has 0 fully saturated rings. The number of aromatic nitrogens is 2. The monoisotopic (exact) mass is 363 g/mol. The summed E-state index contributed by atoms with van der Waals surface area (Å²) in [5, 5.41) is 10.8. The first-order chi connectivity index (χ1) is 10.1. The van der Waals surface area contributed by atoms with Gasteiger partial charge in [0.1, 0.15) is 5.82 Å². The van der Waals surface area contributed by atoms with E-state index >= 15 is 0 Å². The molecule has 2 aromatic rings. The average molecular weight is 364 g/mol. The van der Waals surface area contributed by atoms with Crippen LogP contribution in [-0.2, 0) is 4.79 Å². The lowest BCUT2D eigenvalue weighted by molar-refractivity contribution is -0.113. The third-order valence-electron chi connectivity index (χ3n) is 2.19. The van der Waals surface area contributed by atoms with Crippen molar-refractivity contribution in [3.8, 4) is 0 Å². The SMILES string of the molecule is CCSc1nnc(SCC(=O)Nc2ccc(F)cc2Cl)s1. The lowest BCUT2D eigenvalue weighted by atomic mass is 10.3. The van der Waals surface area contributed by atoms with Crippen LogP contribution in [0.5, 0.6) is 0 Å². The summed E-state index contributed by atoms with van der Waals surface area (Å²) in [4.78, 5) is 11.8. The van der Waals surface area contributed by atoms with Gasteiger partial charge in [0.05, 0.1) is 16.5 Å². The maximum Gasteiger partial charge on any atom is 0.234 e. The van der Waals surface area contributed by atoms with Crippen LogP contribution < -0.4 is 5.32 Å². The van der Waals surface area contributed by atoms with Crippen LogP contribution in [0.4, 0.5) is 10.1 Å². The summed E-state index contributed by atoms with van der Waals surface area (Å²) in [5.74, 6) is 0.456. The van der Waals surface area contributed by atoms with E-state index in [0.717, 1.165) is 20.5 Å². The number of carbonyl (C=O) groups excluding carboxylic acids is 1. The van der Waals surface area contributed by atoms with Crippen LogP contribution >= 0.6 is 46.5 Å². The normalized spacial score (nSPS) is 10.6. The molecule has 1 heterocycles. The van der Waals surface area contributed by atoms with Gasteiger partial charge >= 0.3 is 0 Å². The average Bonchev–Trinajstić information content (AvgIpc) is 2.88. The maximum absolute atomic E-state index is 12.9. The minimum atomic E-state index is -0.442. The van der Waals surface area contributed by atoms with E-state index in [-0.39, 0.29) is 16.7 Å². The molecule has 112 valence electrons. The van der Waals surface area contributed by atoms with Crippen LogP contribution in [0.2, 0.25) is 5.02 Å². The molecular formula is C12H11ClFN3OS3. The predicted octanol–water partition coefficient (Wildman–Crippen LogP) is 4.17. The molecule has 21 heavy (non-hydrogen) atoms. The van der Waals surface area contributed by atoms with Crippen molar-refractivity contribution in [3.05, 3.63) is 29.0 Å². The summed E-state index contributed by atoms with van der Waals surface area (Å²) in [6.07, 6.45) is 0. The molecule has 0 aliphatic carbocycles. The molecule has 0 atom stereocenters. The van der Waals surface area contributed by atoms with Gasteiger partial charge in [0, 0.05) is 0 Å². The van der Waals surface area contributed by atoms with Crippen molar-refractivity contribution in [1.29, 1.82) is 0 Å². The van der Waals surface area contributed by atoms with E-state index in [9.17, 15) is 9.18 Å². The van der Waals surface area contributed by atoms with Crippen LogP contribution in [0, 0.1) is 5.82 Å². The van der Waals surface area contributed by atoms with E-state index in [1.54, 1.807) is 11.8 Å². The molecule has 0 unspecified atom stereocenters. The zero-order chi connectivity index (χ0) is 15.2. The Morgan fingerprint density at radius 1 is 1.38 bits per heavy atom.